The van der Waals surface area contributed by atoms with Crippen molar-refractivity contribution in [2.24, 2.45) is 0 Å². The SMILES string of the molecule is C#CC(C)NCCc1ccco1. The molecular formula is C10H13NO. The maximum absolute atomic E-state index is 5.20. The summed E-state index contributed by atoms with van der Waals surface area (Å²) < 4.78 is 5.16. The van der Waals surface area contributed by atoms with Crippen LogP contribution in [0, 0.1) is 12.3 Å². The predicted octanol–water partition coefficient (Wildman–Crippen LogP) is 1.43. The summed E-state index contributed by atoms with van der Waals surface area (Å²) in [6.07, 6.45) is 7.76. The molecule has 0 amide bonds. The van der Waals surface area contributed by atoms with Gasteiger partial charge in [-0.25, -0.2) is 0 Å². The fraction of sp³-hybridized carbons (Fsp3) is 0.400. The Morgan fingerprint density at radius 1 is 1.75 bits per heavy atom. The average molecular weight is 163 g/mol. The van der Waals surface area contributed by atoms with Crippen LogP contribution in [-0.4, -0.2) is 12.6 Å². The molecule has 0 aromatic carbocycles. The van der Waals surface area contributed by atoms with E-state index in [0.29, 0.717) is 0 Å². The number of hydrogen-bond acceptors (Lipinski definition) is 2. The molecule has 0 saturated carbocycles. The van der Waals surface area contributed by atoms with Crippen LogP contribution in [0.5, 0.6) is 0 Å². The van der Waals surface area contributed by atoms with Crippen molar-refractivity contribution in [1.82, 2.24) is 5.32 Å². The molecule has 0 aliphatic carbocycles. The van der Waals surface area contributed by atoms with Gasteiger partial charge in [-0.2, -0.15) is 0 Å². The van der Waals surface area contributed by atoms with E-state index in [9.17, 15) is 0 Å². The summed E-state index contributed by atoms with van der Waals surface area (Å²) in [7, 11) is 0. The molecule has 0 aliphatic heterocycles. The highest BCUT2D eigenvalue weighted by Crippen LogP contribution is 1.99. The van der Waals surface area contributed by atoms with E-state index in [4.69, 9.17) is 10.8 Å². The van der Waals surface area contributed by atoms with E-state index < -0.39 is 0 Å². The molecule has 1 rings (SSSR count). The molecule has 0 spiro atoms. The van der Waals surface area contributed by atoms with Crippen LogP contribution in [0.15, 0.2) is 22.8 Å². The quantitative estimate of drug-likeness (QED) is 0.679. The second-order valence-corrected chi connectivity index (χ2v) is 2.67. The van der Waals surface area contributed by atoms with Gasteiger partial charge in [-0.15, -0.1) is 6.42 Å². The zero-order valence-corrected chi connectivity index (χ0v) is 7.21. The third-order valence-corrected chi connectivity index (χ3v) is 1.65. The van der Waals surface area contributed by atoms with Crippen LogP contribution < -0.4 is 5.32 Å². The van der Waals surface area contributed by atoms with Crippen LogP contribution >= 0.6 is 0 Å². The second-order valence-electron chi connectivity index (χ2n) is 2.67. The lowest BCUT2D eigenvalue weighted by atomic mass is 10.3. The van der Waals surface area contributed by atoms with Crippen LogP contribution in [0.25, 0.3) is 0 Å². The molecule has 2 nitrogen and oxygen atoms in total. The van der Waals surface area contributed by atoms with Crippen molar-refractivity contribution < 1.29 is 4.42 Å². The lowest BCUT2D eigenvalue weighted by Gasteiger charge is -2.04. The highest BCUT2D eigenvalue weighted by atomic mass is 16.3. The van der Waals surface area contributed by atoms with Crippen LogP contribution in [0.2, 0.25) is 0 Å². The van der Waals surface area contributed by atoms with Gasteiger partial charge in [0, 0.05) is 13.0 Å². The molecule has 1 aromatic rings. The Morgan fingerprint density at radius 3 is 3.17 bits per heavy atom. The predicted molar refractivity (Wildman–Crippen MR) is 48.7 cm³/mol. The van der Waals surface area contributed by atoms with Crippen LogP contribution in [0.1, 0.15) is 12.7 Å². The minimum atomic E-state index is 0.139. The molecule has 1 heterocycles. The fourth-order valence-electron chi connectivity index (χ4n) is 0.926. The average Bonchev–Trinajstić information content (AvgIpc) is 2.57. The molecule has 1 unspecified atom stereocenters. The number of nitrogens with one attached hydrogen (secondary N) is 1. The highest BCUT2D eigenvalue weighted by Gasteiger charge is 1.97. The van der Waals surface area contributed by atoms with Gasteiger partial charge in [-0.3, -0.25) is 0 Å². The summed E-state index contributed by atoms with van der Waals surface area (Å²) in [5, 5.41) is 3.17. The van der Waals surface area contributed by atoms with Gasteiger partial charge in [0.25, 0.3) is 0 Å². The third-order valence-electron chi connectivity index (χ3n) is 1.65. The van der Waals surface area contributed by atoms with Gasteiger partial charge in [0.1, 0.15) is 5.76 Å². The van der Waals surface area contributed by atoms with Crippen molar-refractivity contribution in [2.75, 3.05) is 6.54 Å². The molecule has 0 bridgehead atoms. The topological polar surface area (TPSA) is 25.2 Å². The first-order valence-corrected chi connectivity index (χ1v) is 4.05. The van der Waals surface area contributed by atoms with E-state index in [0.717, 1.165) is 18.7 Å². The van der Waals surface area contributed by atoms with Crippen LogP contribution in [0.4, 0.5) is 0 Å². The molecule has 1 N–H and O–H groups in total. The summed E-state index contributed by atoms with van der Waals surface area (Å²) >= 11 is 0. The Morgan fingerprint density at radius 2 is 2.58 bits per heavy atom. The number of rotatable bonds is 4. The fourth-order valence-corrected chi connectivity index (χ4v) is 0.926. The molecule has 2 heteroatoms. The van der Waals surface area contributed by atoms with Crippen molar-refractivity contribution in [3.05, 3.63) is 24.2 Å². The van der Waals surface area contributed by atoms with Crippen LogP contribution in [-0.2, 0) is 6.42 Å². The van der Waals surface area contributed by atoms with Crippen molar-refractivity contribution >= 4 is 0 Å². The third kappa shape index (κ3) is 2.81. The molecule has 0 aliphatic rings. The van der Waals surface area contributed by atoms with Crippen LogP contribution in [0.3, 0.4) is 0 Å². The van der Waals surface area contributed by atoms with Crippen molar-refractivity contribution in [3.8, 4) is 12.3 Å². The van der Waals surface area contributed by atoms with E-state index in [-0.39, 0.29) is 6.04 Å². The Balaban J connectivity index is 2.16. The number of furan rings is 1. The van der Waals surface area contributed by atoms with Gasteiger partial charge in [-0.1, -0.05) is 5.92 Å². The molecule has 1 aromatic heterocycles. The van der Waals surface area contributed by atoms with E-state index in [1.165, 1.54) is 0 Å². The molecule has 12 heavy (non-hydrogen) atoms. The lowest BCUT2D eigenvalue weighted by Crippen LogP contribution is -2.26. The molecule has 0 fully saturated rings. The summed E-state index contributed by atoms with van der Waals surface area (Å²) in [5.74, 6) is 3.60. The monoisotopic (exact) mass is 163 g/mol. The maximum Gasteiger partial charge on any atom is 0.105 e. The second kappa shape index (κ2) is 4.63. The van der Waals surface area contributed by atoms with Gasteiger partial charge < -0.3 is 9.73 Å². The molecular weight excluding hydrogens is 150 g/mol. The first kappa shape index (κ1) is 8.89. The first-order valence-electron chi connectivity index (χ1n) is 4.05. The smallest absolute Gasteiger partial charge is 0.105 e. The Hall–Kier alpha value is -1.20. The molecule has 1 atom stereocenters. The van der Waals surface area contributed by atoms with Gasteiger partial charge in [-0.05, 0) is 19.1 Å². The van der Waals surface area contributed by atoms with Crippen molar-refractivity contribution in [3.63, 3.8) is 0 Å². The van der Waals surface area contributed by atoms with Crippen molar-refractivity contribution in [2.45, 2.75) is 19.4 Å². The Labute approximate surface area is 73.0 Å². The van der Waals surface area contributed by atoms with Crippen molar-refractivity contribution in [1.29, 1.82) is 0 Å². The molecule has 0 saturated heterocycles. The Bertz CT molecular complexity index is 245. The largest absolute Gasteiger partial charge is 0.469 e. The lowest BCUT2D eigenvalue weighted by molar-refractivity contribution is 0.496. The minimum Gasteiger partial charge on any atom is -0.469 e. The summed E-state index contributed by atoms with van der Waals surface area (Å²) in [6, 6.07) is 3.99. The summed E-state index contributed by atoms with van der Waals surface area (Å²) in [4.78, 5) is 0. The summed E-state index contributed by atoms with van der Waals surface area (Å²) in [6.45, 7) is 2.82. The zero-order valence-electron chi connectivity index (χ0n) is 7.21. The van der Waals surface area contributed by atoms with E-state index >= 15 is 0 Å². The zero-order chi connectivity index (χ0) is 8.81. The van der Waals surface area contributed by atoms with Gasteiger partial charge in [0.2, 0.25) is 0 Å². The van der Waals surface area contributed by atoms with E-state index in [2.05, 4.69) is 11.2 Å². The standard InChI is InChI=1S/C10H13NO/c1-3-9(2)11-7-6-10-5-4-8-12-10/h1,4-5,8-9,11H,6-7H2,2H3. The van der Waals surface area contributed by atoms with Gasteiger partial charge >= 0.3 is 0 Å². The van der Waals surface area contributed by atoms with Gasteiger partial charge in [0.15, 0.2) is 0 Å². The van der Waals surface area contributed by atoms with E-state index in [1.807, 2.05) is 19.1 Å². The minimum absolute atomic E-state index is 0.139. The molecule has 64 valence electrons. The normalized spacial score (nSPS) is 12.3. The number of terminal acetylenes is 1. The summed E-state index contributed by atoms with van der Waals surface area (Å²) in [5.41, 5.74) is 0. The first-order chi connectivity index (χ1) is 5.83. The Kier molecular flexibility index (Phi) is 3.43. The van der Waals surface area contributed by atoms with E-state index in [1.54, 1.807) is 6.26 Å². The van der Waals surface area contributed by atoms with Gasteiger partial charge in [0.05, 0.1) is 12.3 Å². The highest BCUT2D eigenvalue weighted by molar-refractivity contribution is 5.00. The molecule has 0 radical (unpaired) electrons. The maximum atomic E-state index is 5.20. The number of hydrogen-bond donors (Lipinski definition) is 1.